The van der Waals surface area contributed by atoms with Crippen LogP contribution in [0.1, 0.15) is 42.5 Å². The Balaban J connectivity index is 0.00000364. The molecule has 1 saturated carbocycles. The quantitative estimate of drug-likeness (QED) is 0.664. The van der Waals surface area contributed by atoms with E-state index in [2.05, 4.69) is 5.32 Å². The summed E-state index contributed by atoms with van der Waals surface area (Å²) in [6.07, 6.45) is 5.93. The number of likely N-dealkylation sites (N-methyl/N-ethyl adjacent to an activating group) is 2. The van der Waals surface area contributed by atoms with Crippen molar-refractivity contribution in [3.8, 4) is 0 Å². The lowest BCUT2D eigenvalue weighted by Gasteiger charge is -2.31. The van der Waals surface area contributed by atoms with Crippen LogP contribution in [0.25, 0.3) is 0 Å². The molecule has 2 amide bonds. The molecule has 1 aromatic rings. The van der Waals surface area contributed by atoms with Crippen LogP contribution in [0.2, 0.25) is 0 Å². The third-order valence-corrected chi connectivity index (χ3v) is 6.09. The fourth-order valence-corrected chi connectivity index (χ4v) is 4.24. The fraction of sp³-hybridized carbons (Fsp3) is 0.600. The number of nitrogens with one attached hydrogen (secondary N) is 1. The van der Waals surface area contributed by atoms with Crippen molar-refractivity contribution in [2.45, 2.75) is 43.0 Å². The average molecular weight is 414 g/mol. The Kier molecular flexibility index (Phi) is 10.8. The number of hydrogen-bond acceptors (Lipinski definition) is 4. The standard InChI is InChI=1S/C20H31N3O2S.ClH/c1-21-13-14-22(2)20(25)17-11-7-8-12-18(17)26-15-19(24)23(3)16-9-5-4-6-10-16;/h7-8,11-12,16,21H,4-6,9-10,13-15H2,1-3H3;1H. The molecule has 1 aliphatic rings. The summed E-state index contributed by atoms with van der Waals surface area (Å²) in [5.41, 5.74) is 0.671. The molecule has 1 N–H and O–H groups in total. The summed E-state index contributed by atoms with van der Waals surface area (Å²) in [7, 11) is 5.60. The van der Waals surface area contributed by atoms with Gasteiger partial charge in [0.05, 0.1) is 11.3 Å². The fourth-order valence-electron chi connectivity index (χ4n) is 3.27. The maximum Gasteiger partial charge on any atom is 0.254 e. The van der Waals surface area contributed by atoms with Gasteiger partial charge in [-0.15, -0.1) is 24.2 Å². The van der Waals surface area contributed by atoms with Crippen molar-refractivity contribution in [2.24, 2.45) is 0 Å². The average Bonchev–Trinajstić information content (AvgIpc) is 2.69. The SMILES string of the molecule is CNCCN(C)C(=O)c1ccccc1SCC(=O)N(C)C1CCCCC1.Cl. The van der Waals surface area contributed by atoms with E-state index in [0.717, 1.165) is 24.3 Å². The van der Waals surface area contributed by atoms with Crippen molar-refractivity contribution in [3.05, 3.63) is 29.8 Å². The predicted molar refractivity (Wildman–Crippen MR) is 115 cm³/mol. The summed E-state index contributed by atoms with van der Waals surface area (Å²) >= 11 is 1.46. The van der Waals surface area contributed by atoms with E-state index in [4.69, 9.17) is 0 Å². The van der Waals surface area contributed by atoms with E-state index in [-0.39, 0.29) is 24.2 Å². The Morgan fingerprint density at radius 1 is 1.15 bits per heavy atom. The van der Waals surface area contributed by atoms with Crippen LogP contribution in [0.15, 0.2) is 29.2 Å². The smallest absolute Gasteiger partial charge is 0.254 e. The first kappa shape index (κ1) is 23.8. The molecule has 2 rings (SSSR count). The molecule has 0 atom stereocenters. The third-order valence-electron chi connectivity index (χ3n) is 5.03. The minimum Gasteiger partial charge on any atom is -0.342 e. The molecule has 27 heavy (non-hydrogen) atoms. The molecule has 0 bridgehead atoms. The molecule has 0 spiro atoms. The monoisotopic (exact) mass is 413 g/mol. The van der Waals surface area contributed by atoms with Crippen LogP contribution in [-0.2, 0) is 4.79 Å². The lowest BCUT2D eigenvalue weighted by molar-refractivity contribution is -0.129. The first-order valence-electron chi connectivity index (χ1n) is 9.42. The van der Waals surface area contributed by atoms with E-state index >= 15 is 0 Å². The maximum absolute atomic E-state index is 12.7. The van der Waals surface area contributed by atoms with Crippen LogP contribution >= 0.6 is 24.2 Å². The Morgan fingerprint density at radius 2 is 1.81 bits per heavy atom. The molecule has 0 radical (unpaired) electrons. The second-order valence-corrected chi connectivity index (χ2v) is 7.93. The summed E-state index contributed by atoms with van der Waals surface area (Å²) in [6, 6.07) is 7.94. The highest BCUT2D eigenvalue weighted by atomic mass is 35.5. The van der Waals surface area contributed by atoms with Crippen LogP contribution in [0.3, 0.4) is 0 Å². The first-order valence-corrected chi connectivity index (χ1v) is 10.4. The topological polar surface area (TPSA) is 52.7 Å². The van der Waals surface area contributed by atoms with Crippen molar-refractivity contribution in [3.63, 3.8) is 0 Å². The second-order valence-electron chi connectivity index (χ2n) is 6.91. The van der Waals surface area contributed by atoms with Crippen LogP contribution in [0.5, 0.6) is 0 Å². The van der Waals surface area contributed by atoms with Crippen LogP contribution in [0, 0.1) is 0 Å². The van der Waals surface area contributed by atoms with E-state index in [0.29, 0.717) is 23.9 Å². The van der Waals surface area contributed by atoms with Crippen LogP contribution < -0.4 is 5.32 Å². The molecule has 0 aromatic heterocycles. The van der Waals surface area contributed by atoms with Crippen molar-refractivity contribution >= 4 is 36.0 Å². The first-order chi connectivity index (χ1) is 12.5. The minimum atomic E-state index is -0.00330. The number of benzene rings is 1. The van der Waals surface area contributed by atoms with E-state index in [9.17, 15) is 9.59 Å². The molecule has 1 fully saturated rings. The maximum atomic E-state index is 12.7. The molecule has 5 nitrogen and oxygen atoms in total. The van der Waals surface area contributed by atoms with Crippen molar-refractivity contribution < 1.29 is 9.59 Å². The summed E-state index contributed by atoms with van der Waals surface area (Å²) in [4.78, 5) is 29.8. The van der Waals surface area contributed by atoms with Gasteiger partial charge in [-0.05, 0) is 32.0 Å². The van der Waals surface area contributed by atoms with Crippen molar-refractivity contribution in [1.29, 1.82) is 0 Å². The van der Waals surface area contributed by atoms with Gasteiger partial charge in [-0.2, -0.15) is 0 Å². The highest BCUT2D eigenvalue weighted by Crippen LogP contribution is 2.26. The molecule has 152 valence electrons. The predicted octanol–water partition coefficient (Wildman–Crippen LogP) is 3.28. The summed E-state index contributed by atoms with van der Waals surface area (Å²) in [5, 5.41) is 3.05. The molecule has 1 aliphatic carbocycles. The van der Waals surface area contributed by atoms with Gasteiger partial charge in [-0.1, -0.05) is 31.4 Å². The minimum absolute atomic E-state index is 0. The molecular weight excluding hydrogens is 382 g/mol. The Morgan fingerprint density at radius 3 is 2.48 bits per heavy atom. The lowest BCUT2D eigenvalue weighted by Crippen LogP contribution is -2.39. The van der Waals surface area contributed by atoms with Gasteiger partial charge in [0.1, 0.15) is 0 Å². The van der Waals surface area contributed by atoms with E-state index in [1.165, 1.54) is 31.0 Å². The number of amides is 2. The van der Waals surface area contributed by atoms with Gasteiger partial charge in [0.2, 0.25) is 5.91 Å². The van der Waals surface area contributed by atoms with Gasteiger partial charge < -0.3 is 15.1 Å². The molecule has 0 saturated heterocycles. The van der Waals surface area contributed by atoms with E-state index < -0.39 is 0 Å². The highest BCUT2D eigenvalue weighted by molar-refractivity contribution is 8.00. The number of carbonyl (C=O) groups is 2. The molecular formula is C20H32ClN3O2S. The van der Waals surface area contributed by atoms with Gasteiger partial charge in [-0.25, -0.2) is 0 Å². The third kappa shape index (κ3) is 7.01. The van der Waals surface area contributed by atoms with Crippen LogP contribution in [0.4, 0.5) is 0 Å². The summed E-state index contributed by atoms with van der Waals surface area (Å²) in [5.74, 6) is 0.515. The van der Waals surface area contributed by atoms with Gasteiger partial charge in [0.15, 0.2) is 0 Å². The van der Waals surface area contributed by atoms with Gasteiger partial charge in [0, 0.05) is 38.1 Å². The number of halogens is 1. The zero-order chi connectivity index (χ0) is 18.9. The molecule has 1 aromatic carbocycles. The van der Waals surface area contributed by atoms with E-state index in [1.807, 2.05) is 50.3 Å². The lowest BCUT2D eigenvalue weighted by atomic mass is 9.94. The van der Waals surface area contributed by atoms with Crippen LogP contribution in [-0.4, -0.2) is 67.6 Å². The second kappa shape index (κ2) is 12.3. The normalized spacial score (nSPS) is 14.3. The van der Waals surface area contributed by atoms with Gasteiger partial charge in [0.25, 0.3) is 5.91 Å². The molecule has 0 heterocycles. The number of carbonyl (C=O) groups excluding carboxylic acids is 2. The summed E-state index contributed by atoms with van der Waals surface area (Å²) in [6.45, 7) is 1.40. The molecule has 0 aliphatic heterocycles. The highest BCUT2D eigenvalue weighted by Gasteiger charge is 2.23. The number of thioether (sulfide) groups is 1. The van der Waals surface area contributed by atoms with Gasteiger partial charge >= 0.3 is 0 Å². The van der Waals surface area contributed by atoms with Crippen molar-refractivity contribution in [1.82, 2.24) is 15.1 Å². The van der Waals surface area contributed by atoms with Gasteiger partial charge in [-0.3, -0.25) is 9.59 Å². The molecule has 7 heteroatoms. The Bertz CT molecular complexity index is 609. The molecule has 0 unspecified atom stereocenters. The Labute approximate surface area is 173 Å². The zero-order valence-electron chi connectivity index (χ0n) is 16.6. The number of rotatable bonds is 8. The number of hydrogen-bond donors (Lipinski definition) is 1. The zero-order valence-corrected chi connectivity index (χ0v) is 18.2. The number of nitrogens with zero attached hydrogens (tertiary/aromatic N) is 2. The van der Waals surface area contributed by atoms with Crippen molar-refractivity contribution in [2.75, 3.05) is 40.0 Å². The van der Waals surface area contributed by atoms with E-state index in [1.54, 1.807) is 4.90 Å². The Hall–Kier alpha value is -1.24. The largest absolute Gasteiger partial charge is 0.342 e. The summed E-state index contributed by atoms with van der Waals surface area (Å²) < 4.78 is 0.